The van der Waals surface area contributed by atoms with Gasteiger partial charge in [-0.15, -0.1) is 0 Å². The lowest BCUT2D eigenvalue weighted by molar-refractivity contribution is 0.435. The average Bonchev–Trinajstić information content (AvgIpc) is 2.82. The summed E-state index contributed by atoms with van der Waals surface area (Å²) in [6.45, 7) is 1.82. The number of anilines is 1. The third-order valence-electron chi connectivity index (χ3n) is 3.15. The van der Waals surface area contributed by atoms with Crippen LogP contribution in [0.5, 0.6) is 0 Å². The Hall–Kier alpha value is -2.34. The van der Waals surface area contributed by atoms with Gasteiger partial charge in [-0.05, 0) is 24.6 Å². The van der Waals surface area contributed by atoms with E-state index in [2.05, 4.69) is 26.1 Å². The number of nitrogens with two attached hydrogens (primary N) is 1. The lowest BCUT2D eigenvalue weighted by Crippen LogP contribution is -2.05. The highest BCUT2D eigenvalue weighted by atomic mass is 79.9. The number of nitrogens with one attached hydrogen (secondary N) is 1. The standard InChI is InChI=1S/C15H12BrN3O2/c1-8-6-12(20)11(7-18-8)14-13(15(17)19-21-14)9-2-4-10(16)5-3-9/h2-7H,1H3,(H2,17,19)(H,18,20). The van der Waals surface area contributed by atoms with Gasteiger partial charge in [-0.3, -0.25) is 4.79 Å². The molecule has 0 unspecified atom stereocenters. The Bertz CT molecular complexity index is 850. The van der Waals surface area contributed by atoms with E-state index in [4.69, 9.17) is 10.3 Å². The smallest absolute Gasteiger partial charge is 0.192 e. The van der Waals surface area contributed by atoms with Crippen molar-refractivity contribution in [2.75, 3.05) is 5.73 Å². The molecule has 3 N–H and O–H groups in total. The molecule has 0 amide bonds. The monoisotopic (exact) mass is 345 g/mol. The van der Waals surface area contributed by atoms with E-state index < -0.39 is 0 Å². The summed E-state index contributed by atoms with van der Waals surface area (Å²) in [6.07, 6.45) is 1.61. The van der Waals surface area contributed by atoms with Crippen LogP contribution in [0.15, 0.2) is 50.3 Å². The second-order valence-electron chi connectivity index (χ2n) is 4.67. The van der Waals surface area contributed by atoms with E-state index in [9.17, 15) is 4.79 Å². The van der Waals surface area contributed by atoms with Crippen LogP contribution in [0.2, 0.25) is 0 Å². The molecule has 0 fully saturated rings. The number of benzene rings is 1. The van der Waals surface area contributed by atoms with Crippen LogP contribution >= 0.6 is 15.9 Å². The summed E-state index contributed by atoms with van der Waals surface area (Å²) in [5.74, 6) is 0.628. The van der Waals surface area contributed by atoms with Gasteiger partial charge in [-0.2, -0.15) is 0 Å². The molecule has 106 valence electrons. The van der Waals surface area contributed by atoms with Gasteiger partial charge in [0.1, 0.15) is 0 Å². The largest absolute Gasteiger partial charge is 0.380 e. The maximum Gasteiger partial charge on any atom is 0.192 e. The Morgan fingerprint density at radius 2 is 2.00 bits per heavy atom. The number of aryl methyl sites for hydroxylation is 1. The second kappa shape index (κ2) is 5.21. The molecule has 2 aromatic heterocycles. The van der Waals surface area contributed by atoms with Gasteiger partial charge in [0.05, 0.1) is 11.1 Å². The van der Waals surface area contributed by atoms with Gasteiger partial charge < -0.3 is 15.2 Å². The van der Waals surface area contributed by atoms with Crippen molar-refractivity contribution >= 4 is 21.7 Å². The molecule has 0 aliphatic rings. The molecular weight excluding hydrogens is 334 g/mol. The lowest BCUT2D eigenvalue weighted by Gasteiger charge is -2.03. The summed E-state index contributed by atoms with van der Waals surface area (Å²) in [7, 11) is 0. The van der Waals surface area contributed by atoms with Crippen molar-refractivity contribution < 1.29 is 4.52 Å². The van der Waals surface area contributed by atoms with E-state index in [1.807, 2.05) is 31.2 Å². The van der Waals surface area contributed by atoms with Gasteiger partial charge in [-0.25, -0.2) is 0 Å². The van der Waals surface area contributed by atoms with Gasteiger partial charge in [0.15, 0.2) is 17.0 Å². The van der Waals surface area contributed by atoms with Gasteiger partial charge in [-0.1, -0.05) is 33.2 Å². The number of nitrogen functional groups attached to an aromatic ring is 1. The fourth-order valence-corrected chi connectivity index (χ4v) is 2.40. The number of nitrogens with zero attached hydrogens (tertiary/aromatic N) is 1. The van der Waals surface area contributed by atoms with E-state index in [1.54, 1.807) is 6.20 Å². The summed E-state index contributed by atoms with van der Waals surface area (Å²) < 4.78 is 6.23. The topological polar surface area (TPSA) is 84.9 Å². The molecule has 3 rings (SSSR count). The summed E-state index contributed by atoms with van der Waals surface area (Å²) in [5.41, 5.74) is 8.41. The van der Waals surface area contributed by atoms with Crippen molar-refractivity contribution in [1.29, 1.82) is 0 Å². The van der Waals surface area contributed by atoms with E-state index >= 15 is 0 Å². The van der Waals surface area contributed by atoms with E-state index in [0.717, 1.165) is 15.7 Å². The highest BCUT2D eigenvalue weighted by Gasteiger charge is 2.19. The molecule has 0 radical (unpaired) electrons. The molecule has 0 spiro atoms. The average molecular weight is 346 g/mol. The molecule has 0 atom stereocenters. The molecule has 6 heteroatoms. The fraction of sp³-hybridized carbons (Fsp3) is 0.0667. The highest BCUT2D eigenvalue weighted by molar-refractivity contribution is 9.10. The first-order valence-corrected chi connectivity index (χ1v) is 7.06. The summed E-state index contributed by atoms with van der Waals surface area (Å²) >= 11 is 3.38. The third-order valence-corrected chi connectivity index (χ3v) is 3.68. The van der Waals surface area contributed by atoms with Crippen LogP contribution in [0.3, 0.4) is 0 Å². The summed E-state index contributed by atoms with van der Waals surface area (Å²) in [4.78, 5) is 15.1. The zero-order chi connectivity index (χ0) is 15.0. The third kappa shape index (κ3) is 2.50. The molecular formula is C15H12BrN3O2. The van der Waals surface area contributed by atoms with Crippen LogP contribution in [-0.4, -0.2) is 10.1 Å². The van der Waals surface area contributed by atoms with Crippen molar-refractivity contribution in [3.63, 3.8) is 0 Å². The van der Waals surface area contributed by atoms with Gasteiger partial charge in [0.25, 0.3) is 0 Å². The Balaban J connectivity index is 2.21. The number of hydrogen-bond donors (Lipinski definition) is 2. The Morgan fingerprint density at radius 1 is 1.29 bits per heavy atom. The lowest BCUT2D eigenvalue weighted by atomic mass is 10.0. The van der Waals surface area contributed by atoms with Crippen molar-refractivity contribution in [1.82, 2.24) is 10.1 Å². The molecule has 2 heterocycles. The number of rotatable bonds is 2. The van der Waals surface area contributed by atoms with E-state index in [1.165, 1.54) is 6.07 Å². The molecule has 1 aromatic carbocycles. The van der Waals surface area contributed by atoms with E-state index in [0.29, 0.717) is 16.9 Å². The normalized spacial score (nSPS) is 10.8. The van der Waals surface area contributed by atoms with E-state index in [-0.39, 0.29) is 11.2 Å². The Labute approximate surface area is 128 Å². The van der Waals surface area contributed by atoms with Gasteiger partial charge in [0.2, 0.25) is 0 Å². The first-order chi connectivity index (χ1) is 10.1. The zero-order valence-electron chi connectivity index (χ0n) is 11.2. The first kappa shape index (κ1) is 13.6. The number of aromatic amines is 1. The fourth-order valence-electron chi connectivity index (χ4n) is 2.13. The molecule has 5 nitrogen and oxygen atoms in total. The summed E-state index contributed by atoms with van der Waals surface area (Å²) in [6, 6.07) is 9.08. The maximum absolute atomic E-state index is 12.1. The predicted octanol–water partition coefficient (Wildman–Crippen LogP) is 3.35. The Kier molecular flexibility index (Phi) is 3.39. The minimum Gasteiger partial charge on any atom is -0.380 e. The molecule has 21 heavy (non-hydrogen) atoms. The number of hydrogen-bond acceptors (Lipinski definition) is 4. The minimum absolute atomic E-state index is 0.138. The number of H-pyrrole nitrogens is 1. The van der Waals surface area contributed by atoms with Crippen molar-refractivity contribution in [3.8, 4) is 22.5 Å². The molecule has 0 bridgehead atoms. The van der Waals surface area contributed by atoms with Crippen LogP contribution in [0, 0.1) is 6.92 Å². The summed E-state index contributed by atoms with van der Waals surface area (Å²) in [5, 5.41) is 3.79. The van der Waals surface area contributed by atoms with Crippen LogP contribution in [-0.2, 0) is 0 Å². The van der Waals surface area contributed by atoms with Gasteiger partial charge in [0, 0.05) is 22.4 Å². The van der Waals surface area contributed by atoms with Crippen molar-refractivity contribution in [2.45, 2.75) is 6.92 Å². The quantitative estimate of drug-likeness (QED) is 0.745. The maximum atomic E-state index is 12.1. The zero-order valence-corrected chi connectivity index (χ0v) is 12.8. The number of halogens is 1. The molecule has 3 aromatic rings. The predicted molar refractivity (Wildman–Crippen MR) is 84.8 cm³/mol. The molecule has 0 aliphatic heterocycles. The Morgan fingerprint density at radius 3 is 2.67 bits per heavy atom. The van der Waals surface area contributed by atoms with Crippen molar-refractivity contribution in [2.24, 2.45) is 0 Å². The molecule has 0 aliphatic carbocycles. The highest BCUT2D eigenvalue weighted by Crippen LogP contribution is 2.35. The van der Waals surface area contributed by atoms with Gasteiger partial charge >= 0.3 is 0 Å². The van der Waals surface area contributed by atoms with Crippen LogP contribution < -0.4 is 11.2 Å². The second-order valence-corrected chi connectivity index (χ2v) is 5.59. The van der Waals surface area contributed by atoms with Crippen molar-refractivity contribution in [3.05, 3.63) is 56.9 Å². The molecule has 0 saturated carbocycles. The molecule has 0 saturated heterocycles. The van der Waals surface area contributed by atoms with Crippen LogP contribution in [0.4, 0.5) is 5.82 Å². The van der Waals surface area contributed by atoms with Crippen LogP contribution in [0.1, 0.15) is 5.69 Å². The number of aromatic nitrogens is 2. The van der Waals surface area contributed by atoms with Crippen LogP contribution in [0.25, 0.3) is 22.5 Å². The first-order valence-electron chi connectivity index (χ1n) is 6.27. The number of pyridine rings is 1. The minimum atomic E-state index is -0.138. The SMILES string of the molecule is Cc1cc(=O)c(-c2onc(N)c2-c2ccc(Br)cc2)c[nH]1.